The summed E-state index contributed by atoms with van der Waals surface area (Å²) in [6.45, 7) is 0.102. The Morgan fingerprint density at radius 2 is 2.24 bits per heavy atom. The minimum atomic E-state index is -0.477. The summed E-state index contributed by atoms with van der Waals surface area (Å²) in [5.41, 5.74) is 0. The van der Waals surface area contributed by atoms with Gasteiger partial charge in [0, 0.05) is 20.2 Å². The highest BCUT2D eigenvalue weighted by Gasteiger charge is 2.09. The Labute approximate surface area is 105 Å². The van der Waals surface area contributed by atoms with Gasteiger partial charge in [0.1, 0.15) is 18.1 Å². The van der Waals surface area contributed by atoms with E-state index in [0.717, 1.165) is 0 Å². The fourth-order valence-electron chi connectivity index (χ4n) is 0.969. The molecular weight excluding hydrogens is 242 g/mol. The summed E-state index contributed by atoms with van der Waals surface area (Å²) in [6.07, 6.45) is 4.60. The van der Waals surface area contributed by atoms with Gasteiger partial charge in [0.2, 0.25) is 0 Å². The molecule has 0 unspecified atom stereocenters. The Morgan fingerprint density at radius 1 is 1.53 bits per heavy atom. The van der Waals surface area contributed by atoms with Gasteiger partial charge in [-0.25, -0.2) is 4.79 Å². The van der Waals surface area contributed by atoms with Gasteiger partial charge in [0.05, 0.1) is 5.02 Å². The number of ether oxygens (including phenoxy) is 2. The van der Waals surface area contributed by atoms with E-state index >= 15 is 0 Å². The second kappa shape index (κ2) is 6.02. The summed E-state index contributed by atoms with van der Waals surface area (Å²) in [7, 11) is 3.18. The lowest BCUT2D eigenvalue weighted by Crippen LogP contribution is -2.25. The Morgan fingerprint density at radius 3 is 2.82 bits per heavy atom. The number of hydrogen-bond acceptors (Lipinski definition) is 3. The van der Waals surface area contributed by atoms with E-state index in [1.165, 1.54) is 11.0 Å². The summed E-state index contributed by atoms with van der Waals surface area (Å²) < 4.78 is 10.2. The number of rotatable bonds is 3. The molecule has 4 nitrogen and oxygen atoms in total. The minimum Gasteiger partial charge on any atom is -0.479 e. The fraction of sp³-hybridized carbons (Fsp3) is 0.250. The highest BCUT2D eigenvalue weighted by Crippen LogP contribution is 2.29. The van der Waals surface area contributed by atoms with Crippen molar-refractivity contribution in [1.82, 2.24) is 4.90 Å². The number of terminal acetylenes is 1. The van der Waals surface area contributed by atoms with Crippen LogP contribution in [0.25, 0.3) is 0 Å². The van der Waals surface area contributed by atoms with Gasteiger partial charge in [0.25, 0.3) is 0 Å². The number of nitrogens with zero attached hydrogens (tertiary/aromatic N) is 1. The lowest BCUT2D eigenvalue weighted by molar-refractivity contribution is 0.171. The molecule has 1 aromatic rings. The molecule has 0 aliphatic rings. The van der Waals surface area contributed by atoms with Crippen LogP contribution in [0.3, 0.4) is 0 Å². The van der Waals surface area contributed by atoms with E-state index in [2.05, 4.69) is 5.92 Å². The van der Waals surface area contributed by atoms with Crippen LogP contribution in [0, 0.1) is 12.3 Å². The first-order chi connectivity index (χ1) is 8.04. The molecule has 0 fully saturated rings. The van der Waals surface area contributed by atoms with Gasteiger partial charge in [0.15, 0.2) is 0 Å². The monoisotopic (exact) mass is 253 g/mol. The molecule has 0 aliphatic heterocycles. The molecule has 0 heterocycles. The molecule has 0 spiro atoms. The van der Waals surface area contributed by atoms with Crippen molar-refractivity contribution in [2.45, 2.75) is 0 Å². The van der Waals surface area contributed by atoms with Crippen LogP contribution in [0.1, 0.15) is 0 Å². The average molecular weight is 254 g/mol. The number of benzene rings is 1. The van der Waals surface area contributed by atoms with E-state index < -0.39 is 6.09 Å². The molecule has 0 N–H and O–H groups in total. The van der Waals surface area contributed by atoms with E-state index in [9.17, 15) is 4.79 Å². The number of carbonyl (C=O) groups excluding carboxylic acids is 1. The third-order valence-electron chi connectivity index (χ3n) is 1.78. The normalized spacial score (nSPS) is 9.29. The van der Waals surface area contributed by atoms with Crippen LogP contribution in [0.15, 0.2) is 18.2 Å². The van der Waals surface area contributed by atoms with E-state index in [1.54, 1.807) is 26.2 Å². The van der Waals surface area contributed by atoms with Crippen LogP contribution in [0.2, 0.25) is 5.02 Å². The Hall–Kier alpha value is -1.86. The largest absolute Gasteiger partial charge is 0.479 e. The van der Waals surface area contributed by atoms with Crippen LogP contribution >= 0.6 is 11.6 Å². The van der Waals surface area contributed by atoms with E-state index in [-0.39, 0.29) is 6.61 Å². The maximum atomic E-state index is 11.3. The van der Waals surface area contributed by atoms with Crippen LogP contribution in [0.4, 0.5) is 4.79 Å². The maximum Gasteiger partial charge on any atom is 0.414 e. The molecule has 0 saturated heterocycles. The van der Waals surface area contributed by atoms with Crippen LogP contribution in [-0.2, 0) is 0 Å². The van der Waals surface area contributed by atoms with Gasteiger partial charge in [-0.05, 0) is 12.1 Å². The van der Waals surface area contributed by atoms with Crippen molar-refractivity contribution in [3.8, 4) is 23.8 Å². The molecule has 1 rings (SSSR count). The predicted molar refractivity (Wildman–Crippen MR) is 65.5 cm³/mol. The lowest BCUT2D eigenvalue weighted by atomic mass is 10.3. The third kappa shape index (κ3) is 3.89. The zero-order chi connectivity index (χ0) is 12.8. The second-order valence-electron chi connectivity index (χ2n) is 3.35. The number of halogens is 1. The molecule has 0 aromatic heterocycles. The quantitative estimate of drug-likeness (QED) is 0.777. The molecule has 90 valence electrons. The minimum absolute atomic E-state index is 0.102. The van der Waals surface area contributed by atoms with Crippen LogP contribution in [0.5, 0.6) is 11.5 Å². The van der Waals surface area contributed by atoms with E-state index in [1.807, 2.05) is 0 Å². The van der Waals surface area contributed by atoms with Crippen molar-refractivity contribution in [2.24, 2.45) is 0 Å². The van der Waals surface area contributed by atoms with E-state index in [0.29, 0.717) is 16.5 Å². The SMILES string of the molecule is C#CCOc1cc(OC(=O)N(C)C)ccc1Cl. The van der Waals surface area contributed by atoms with Crippen molar-refractivity contribution >= 4 is 17.7 Å². The summed E-state index contributed by atoms with van der Waals surface area (Å²) in [4.78, 5) is 12.6. The van der Waals surface area contributed by atoms with Gasteiger partial charge in [-0.3, -0.25) is 0 Å². The standard InChI is InChI=1S/C12H12ClNO3/c1-4-7-16-11-8-9(5-6-10(11)13)17-12(15)14(2)3/h1,5-6,8H,7H2,2-3H3. The molecule has 0 radical (unpaired) electrons. The van der Waals surface area contributed by atoms with Crippen molar-refractivity contribution in [1.29, 1.82) is 0 Å². The summed E-state index contributed by atoms with van der Waals surface area (Å²) in [5, 5.41) is 0.407. The van der Waals surface area contributed by atoms with Gasteiger partial charge >= 0.3 is 6.09 Å². The zero-order valence-electron chi connectivity index (χ0n) is 9.57. The molecule has 0 atom stereocenters. The summed E-state index contributed by atoms with van der Waals surface area (Å²) in [5.74, 6) is 3.06. The Balaban J connectivity index is 2.82. The highest BCUT2D eigenvalue weighted by molar-refractivity contribution is 6.32. The molecule has 5 heteroatoms. The Bertz CT molecular complexity index is 452. The lowest BCUT2D eigenvalue weighted by Gasteiger charge is -2.12. The molecule has 17 heavy (non-hydrogen) atoms. The summed E-state index contributed by atoms with van der Waals surface area (Å²) in [6, 6.07) is 4.67. The molecule has 0 saturated carbocycles. The van der Waals surface area contributed by atoms with Crippen LogP contribution in [-0.4, -0.2) is 31.7 Å². The Kier molecular flexibility index (Phi) is 4.68. The highest BCUT2D eigenvalue weighted by atomic mass is 35.5. The first kappa shape index (κ1) is 13.2. The average Bonchev–Trinajstić information content (AvgIpc) is 2.29. The van der Waals surface area contributed by atoms with Crippen molar-refractivity contribution in [3.63, 3.8) is 0 Å². The first-order valence-corrected chi connectivity index (χ1v) is 5.17. The van der Waals surface area contributed by atoms with Gasteiger partial charge in [-0.15, -0.1) is 6.42 Å². The predicted octanol–water partition coefficient (Wildman–Crippen LogP) is 2.41. The van der Waals surface area contributed by atoms with Gasteiger partial charge in [-0.2, -0.15) is 0 Å². The molecule has 0 bridgehead atoms. The smallest absolute Gasteiger partial charge is 0.414 e. The van der Waals surface area contributed by atoms with Crippen LogP contribution < -0.4 is 9.47 Å². The van der Waals surface area contributed by atoms with Crippen molar-refractivity contribution < 1.29 is 14.3 Å². The van der Waals surface area contributed by atoms with Gasteiger partial charge in [-0.1, -0.05) is 17.5 Å². The molecule has 0 aliphatic carbocycles. The van der Waals surface area contributed by atoms with E-state index in [4.69, 9.17) is 27.5 Å². The van der Waals surface area contributed by atoms with Gasteiger partial charge < -0.3 is 14.4 Å². The second-order valence-corrected chi connectivity index (χ2v) is 3.75. The first-order valence-electron chi connectivity index (χ1n) is 4.79. The van der Waals surface area contributed by atoms with Crippen molar-refractivity contribution in [3.05, 3.63) is 23.2 Å². The number of hydrogen-bond donors (Lipinski definition) is 0. The number of carbonyl (C=O) groups is 1. The molecular formula is C12H12ClNO3. The summed E-state index contributed by atoms with van der Waals surface area (Å²) >= 11 is 5.89. The molecule has 1 amide bonds. The topological polar surface area (TPSA) is 38.8 Å². The third-order valence-corrected chi connectivity index (χ3v) is 2.10. The number of amides is 1. The fourth-order valence-corrected chi connectivity index (χ4v) is 1.14. The zero-order valence-corrected chi connectivity index (χ0v) is 10.3. The molecule has 1 aromatic carbocycles. The maximum absolute atomic E-state index is 11.3. The van der Waals surface area contributed by atoms with Crippen molar-refractivity contribution in [2.75, 3.05) is 20.7 Å².